The number of carbonyl (C=O) groups excluding carboxylic acids is 2. The Morgan fingerprint density at radius 3 is 2.25 bits per heavy atom. The second-order valence-electron chi connectivity index (χ2n) is 8.33. The molecule has 0 aliphatic heterocycles. The van der Waals surface area contributed by atoms with E-state index in [1.165, 1.54) is 6.42 Å². The van der Waals surface area contributed by atoms with Gasteiger partial charge in [-0.1, -0.05) is 41.0 Å². The lowest BCUT2D eigenvalue weighted by atomic mass is 9.70. The van der Waals surface area contributed by atoms with Crippen LogP contribution >= 0.6 is 0 Å². The van der Waals surface area contributed by atoms with Crippen molar-refractivity contribution in [2.75, 3.05) is 6.54 Å². The van der Waals surface area contributed by atoms with E-state index in [1.807, 2.05) is 13.8 Å². The first-order chi connectivity index (χ1) is 11.1. The molecule has 0 aromatic rings. The van der Waals surface area contributed by atoms with Crippen LogP contribution in [-0.4, -0.2) is 30.4 Å². The molecule has 0 bridgehead atoms. The summed E-state index contributed by atoms with van der Waals surface area (Å²) < 4.78 is 0. The first kappa shape index (κ1) is 20.9. The van der Waals surface area contributed by atoms with Crippen molar-refractivity contribution in [3.63, 3.8) is 0 Å². The zero-order valence-electron chi connectivity index (χ0n) is 16.3. The summed E-state index contributed by atoms with van der Waals surface area (Å²) in [5.74, 6) is 1.87. The number of hydrogen-bond acceptors (Lipinski definition) is 3. The van der Waals surface area contributed by atoms with Gasteiger partial charge in [0.15, 0.2) is 0 Å². The number of nitrogens with two attached hydrogens (primary N) is 1. The Labute approximate surface area is 147 Å². The van der Waals surface area contributed by atoms with Crippen molar-refractivity contribution in [2.24, 2.45) is 35.3 Å². The van der Waals surface area contributed by atoms with Crippen LogP contribution in [0.15, 0.2) is 0 Å². The van der Waals surface area contributed by atoms with Gasteiger partial charge in [-0.25, -0.2) is 0 Å². The molecule has 0 spiro atoms. The van der Waals surface area contributed by atoms with Crippen molar-refractivity contribution < 1.29 is 9.59 Å². The predicted octanol–water partition coefficient (Wildman–Crippen LogP) is 2.30. The molecule has 0 radical (unpaired) electrons. The van der Waals surface area contributed by atoms with Crippen molar-refractivity contribution in [1.82, 2.24) is 10.6 Å². The van der Waals surface area contributed by atoms with Gasteiger partial charge >= 0.3 is 0 Å². The zero-order chi connectivity index (χ0) is 18.4. The molecule has 1 aliphatic rings. The van der Waals surface area contributed by atoms with E-state index in [-0.39, 0.29) is 29.7 Å². The number of amides is 2. The van der Waals surface area contributed by atoms with Gasteiger partial charge in [-0.3, -0.25) is 9.59 Å². The van der Waals surface area contributed by atoms with Crippen LogP contribution in [0.4, 0.5) is 0 Å². The highest BCUT2D eigenvalue weighted by Crippen LogP contribution is 2.38. The highest BCUT2D eigenvalue weighted by molar-refractivity contribution is 5.82. The Morgan fingerprint density at radius 2 is 1.75 bits per heavy atom. The lowest BCUT2D eigenvalue weighted by molar-refractivity contribution is -0.130. The van der Waals surface area contributed by atoms with Crippen molar-refractivity contribution in [3.05, 3.63) is 0 Å². The Hall–Kier alpha value is -1.10. The smallest absolute Gasteiger partial charge is 0.236 e. The maximum atomic E-state index is 12.8. The van der Waals surface area contributed by atoms with Crippen LogP contribution < -0.4 is 16.4 Å². The van der Waals surface area contributed by atoms with E-state index >= 15 is 0 Å². The summed E-state index contributed by atoms with van der Waals surface area (Å²) in [6.07, 6.45) is 3.31. The molecule has 5 heteroatoms. The van der Waals surface area contributed by atoms with E-state index in [9.17, 15) is 9.59 Å². The van der Waals surface area contributed by atoms with E-state index in [2.05, 4.69) is 31.4 Å². The zero-order valence-corrected chi connectivity index (χ0v) is 16.3. The summed E-state index contributed by atoms with van der Waals surface area (Å²) >= 11 is 0. The molecule has 4 N–H and O–H groups in total. The quantitative estimate of drug-likeness (QED) is 0.665. The van der Waals surface area contributed by atoms with Crippen molar-refractivity contribution >= 4 is 11.8 Å². The summed E-state index contributed by atoms with van der Waals surface area (Å²) in [7, 11) is 0. The average molecular weight is 340 g/mol. The van der Waals surface area contributed by atoms with Crippen LogP contribution in [0.5, 0.6) is 0 Å². The average Bonchev–Trinajstić information content (AvgIpc) is 2.49. The van der Waals surface area contributed by atoms with Gasteiger partial charge in [0.1, 0.15) is 0 Å². The monoisotopic (exact) mass is 339 g/mol. The number of nitrogens with one attached hydrogen (secondary N) is 2. The Balaban J connectivity index is 2.64. The van der Waals surface area contributed by atoms with Gasteiger partial charge < -0.3 is 16.4 Å². The Bertz CT molecular complexity index is 421. The van der Waals surface area contributed by atoms with E-state index in [4.69, 9.17) is 5.73 Å². The third-order valence-corrected chi connectivity index (χ3v) is 5.40. The van der Waals surface area contributed by atoms with E-state index < -0.39 is 6.04 Å². The molecule has 0 aromatic carbocycles. The lowest BCUT2D eigenvalue weighted by Gasteiger charge is -2.36. The molecule has 1 saturated carbocycles. The predicted molar refractivity (Wildman–Crippen MR) is 98.3 cm³/mol. The highest BCUT2D eigenvalue weighted by atomic mass is 16.2. The lowest BCUT2D eigenvalue weighted by Crippen LogP contribution is -2.52. The third kappa shape index (κ3) is 6.08. The molecule has 0 heterocycles. The van der Waals surface area contributed by atoms with Crippen LogP contribution in [0.2, 0.25) is 0 Å². The van der Waals surface area contributed by atoms with Crippen LogP contribution in [0.1, 0.15) is 60.8 Å². The molecule has 0 aromatic heterocycles. The minimum atomic E-state index is -0.536. The van der Waals surface area contributed by atoms with E-state index in [1.54, 1.807) is 6.92 Å². The van der Waals surface area contributed by atoms with Gasteiger partial charge in [-0.05, 0) is 43.4 Å². The van der Waals surface area contributed by atoms with Crippen molar-refractivity contribution in [1.29, 1.82) is 0 Å². The fraction of sp³-hybridized carbons (Fsp3) is 0.895. The normalized spacial score (nSPS) is 27.0. The number of carbonyl (C=O) groups is 2. The molecule has 1 aliphatic carbocycles. The largest absolute Gasteiger partial charge is 0.354 e. The maximum Gasteiger partial charge on any atom is 0.236 e. The van der Waals surface area contributed by atoms with Crippen LogP contribution in [0.3, 0.4) is 0 Å². The van der Waals surface area contributed by atoms with Crippen LogP contribution in [0, 0.1) is 29.6 Å². The SMILES string of the molecule is CC(N)C(=O)NC(CNC(=O)[C@@H]1C[C@H](C)CC[C@H]1C(C)C)C(C)C. The topological polar surface area (TPSA) is 84.2 Å². The van der Waals surface area contributed by atoms with E-state index in [0.29, 0.717) is 24.3 Å². The molecule has 2 unspecified atom stereocenters. The van der Waals surface area contributed by atoms with Gasteiger partial charge in [0, 0.05) is 18.5 Å². The minimum Gasteiger partial charge on any atom is -0.354 e. The first-order valence-electron chi connectivity index (χ1n) is 9.47. The third-order valence-electron chi connectivity index (χ3n) is 5.40. The van der Waals surface area contributed by atoms with Crippen molar-refractivity contribution in [2.45, 2.75) is 72.9 Å². The van der Waals surface area contributed by atoms with Crippen LogP contribution in [-0.2, 0) is 9.59 Å². The Morgan fingerprint density at radius 1 is 1.12 bits per heavy atom. The van der Waals surface area contributed by atoms with Gasteiger partial charge in [0.25, 0.3) is 0 Å². The molecular formula is C19H37N3O2. The summed E-state index contributed by atoms with van der Waals surface area (Å²) in [6, 6.07) is -0.627. The molecule has 5 atom stereocenters. The molecule has 1 rings (SSSR count). The number of rotatable bonds is 7. The molecule has 0 saturated heterocycles. The second kappa shape index (κ2) is 9.40. The van der Waals surface area contributed by atoms with Gasteiger partial charge in [-0.2, -0.15) is 0 Å². The van der Waals surface area contributed by atoms with Crippen LogP contribution in [0.25, 0.3) is 0 Å². The molecule has 5 nitrogen and oxygen atoms in total. The summed E-state index contributed by atoms with van der Waals surface area (Å²) in [4.78, 5) is 24.6. The molecule has 1 fully saturated rings. The van der Waals surface area contributed by atoms with Gasteiger partial charge in [0.05, 0.1) is 6.04 Å². The minimum absolute atomic E-state index is 0.0886. The molecule has 2 amide bonds. The summed E-state index contributed by atoms with van der Waals surface area (Å²) in [5, 5.41) is 6.03. The molecule has 140 valence electrons. The fourth-order valence-electron chi connectivity index (χ4n) is 3.61. The molecular weight excluding hydrogens is 302 g/mol. The molecule has 24 heavy (non-hydrogen) atoms. The first-order valence-corrected chi connectivity index (χ1v) is 9.47. The number of hydrogen-bond donors (Lipinski definition) is 3. The van der Waals surface area contributed by atoms with E-state index in [0.717, 1.165) is 12.8 Å². The van der Waals surface area contributed by atoms with Gasteiger partial charge in [-0.15, -0.1) is 0 Å². The summed E-state index contributed by atoms with van der Waals surface area (Å²) in [5.41, 5.74) is 5.62. The fourth-order valence-corrected chi connectivity index (χ4v) is 3.61. The van der Waals surface area contributed by atoms with Gasteiger partial charge in [0.2, 0.25) is 11.8 Å². The second-order valence-corrected chi connectivity index (χ2v) is 8.33. The standard InChI is InChI=1S/C19H37N3O2/c1-11(2)15-8-7-13(5)9-16(15)19(24)21-10-17(12(3)4)22-18(23)14(6)20/h11-17H,7-10,20H2,1-6H3,(H,21,24)(H,22,23)/t13-,14?,15+,16-,17?/m1/s1. The van der Waals surface area contributed by atoms with Crippen molar-refractivity contribution in [3.8, 4) is 0 Å². The maximum absolute atomic E-state index is 12.8. The summed E-state index contributed by atoms with van der Waals surface area (Å²) in [6.45, 7) is 12.9. The highest BCUT2D eigenvalue weighted by Gasteiger charge is 2.35. The Kier molecular flexibility index (Phi) is 8.20.